The number of methoxy groups -OCH3 is 1. The molecule has 0 atom stereocenters. The van der Waals surface area contributed by atoms with Crippen LogP contribution in [0.2, 0.25) is 0 Å². The van der Waals surface area contributed by atoms with Crippen molar-refractivity contribution in [2.45, 2.75) is 24.9 Å². The van der Waals surface area contributed by atoms with E-state index < -0.39 is 10.8 Å². The van der Waals surface area contributed by atoms with E-state index in [1.165, 1.54) is 18.2 Å². The monoisotopic (exact) mass is 279 g/mol. The van der Waals surface area contributed by atoms with Crippen molar-refractivity contribution in [2.24, 2.45) is 0 Å². The first-order valence-electron chi connectivity index (χ1n) is 6.35. The Morgan fingerprint density at radius 3 is 2.75 bits per heavy atom. The van der Waals surface area contributed by atoms with Gasteiger partial charge in [-0.2, -0.15) is 0 Å². The number of hydrogen-bond acceptors (Lipinski definition) is 5. The zero-order valence-corrected chi connectivity index (χ0v) is 11.2. The molecule has 0 radical (unpaired) electrons. The predicted octanol–water partition coefficient (Wildman–Crippen LogP) is 1.48. The number of nitro benzene ring substituents is 1. The SMILES string of the molecule is COC1(CNC(=O)c2cc(N)ccc2[N+](=O)[O-])CCC1. The summed E-state index contributed by atoms with van der Waals surface area (Å²) in [6.45, 7) is 0.342. The predicted molar refractivity (Wildman–Crippen MR) is 73.4 cm³/mol. The molecule has 0 aromatic heterocycles. The van der Waals surface area contributed by atoms with Crippen LogP contribution in [0, 0.1) is 10.1 Å². The first-order valence-corrected chi connectivity index (χ1v) is 6.35. The van der Waals surface area contributed by atoms with Crippen molar-refractivity contribution < 1.29 is 14.5 Å². The maximum absolute atomic E-state index is 12.1. The molecule has 0 saturated heterocycles. The highest BCUT2D eigenvalue weighted by atomic mass is 16.6. The molecule has 0 bridgehead atoms. The number of nitrogens with one attached hydrogen (secondary N) is 1. The molecular weight excluding hydrogens is 262 g/mol. The second kappa shape index (κ2) is 5.46. The fourth-order valence-corrected chi connectivity index (χ4v) is 2.26. The van der Waals surface area contributed by atoms with Crippen LogP contribution in [0.5, 0.6) is 0 Å². The molecule has 3 N–H and O–H groups in total. The molecule has 7 heteroatoms. The van der Waals surface area contributed by atoms with Gasteiger partial charge < -0.3 is 15.8 Å². The molecule has 1 aromatic rings. The van der Waals surface area contributed by atoms with E-state index in [9.17, 15) is 14.9 Å². The largest absolute Gasteiger partial charge is 0.399 e. The van der Waals surface area contributed by atoms with Crippen molar-refractivity contribution in [3.8, 4) is 0 Å². The van der Waals surface area contributed by atoms with Gasteiger partial charge in [-0.3, -0.25) is 14.9 Å². The van der Waals surface area contributed by atoms with Crippen LogP contribution in [0.1, 0.15) is 29.6 Å². The number of carbonyl (C=O) groups is 1. The Labute approximate surface area is 116 Å². The number of nitro groups is 1. The molecule has 2 rings (SSSR count). The Morgan fingerprint density at radius 2 is 2.25 bits per heavy atom. The maximum Gasteiger partial charge on any atom is 0.282 e. The summed E-state index contributed by atoms with van der Waals surface area (Å²) in [6, 6.07) is 3.95. The number of ether oxygens (including phenoxy) is 1. The summed E-state index contributed by atoms with van der Waals surface area (Å²) >= 11 is 0. The molecule has 1 amide bonds. The van der Waals surface area contributed by atoms with Crippen LogP contribution in [-0.2, 0) is 4.74 Å². The Morgan fingerprint density at radius 1 is 1.55 bits per heavy atom. The average molecular weight is 279 g/mol. The summed E-state index contributed by atoms with van der Waals surface area (Å²) < 4.78 is 5.39. The van der Waals surface area contributed by atoms with Crippen LogP contribution in [0.25, 0.3) is 0 Å². The minimum Gasteiger partial charge on any atom is -0.399 e. The van der Waals surface area contributed by atoms with Crippen LogP contribution >= 0.6 is 0 Å². The van der Waals surface area contributed by atoms with Gasteiger partial charge in [-0.15, -0.1) is 0 Å². The van der Waals surface area contributed by atoms with Gasteiger partial charge in [-0.25, -0.2) is 0 Å². The fraction of sp³-hybridized carbons (Fsp3) is 0.462. The minimum absolute atomic E-state index is 0.0272. The van der Waals surface area contributed by atoms with Gasteiger partial charge in [-0.1, -0.05) is 0 Å². The van der Waals surface area contributed by atoms with Crippen LogP contribution < -0.4 is 11.1 Å². The second-order valence-corrected chi connectivity index (χ2v) is 4.96. The molecule has 108 valence electrons. The molecular formula is C13H17N3O4. The van der Waals surface area contributed by atoms with E-state index in [4.69, 9.17) is 10.5 Å². The number of nitrogen functional groups attached to an aromatic ring is 1. The van der Waals surface area contributed by atoms with Gasteiger partial charge in [0.25, 0.3) is 11.6 Å². The number of nitrogens with zero attached hydrogens (tertiary/aromatic N) is 1. The van der Waals surface area contributed by atoms with E-state index in [1.807, 2.05) is 0 Å². The molecule has 1 aliphatic carbocycles. The van der Waals surface area contributed by atoms with Gasteiger partial charge in [0.05, 0.1) is 10.5 Å². The molecule has 0 aliphatic heterocycles. The average Bonchev–Trinajstić information content (AvgIpc) is 2.37. The lowest BCUT2D eigenvalue weighted by atomic mass is 9.80. The molecule has 0 spiro atoms. The third kappa shape index (κ3) is 2.72. The summed E-state index contributed by atoms with van der Waals surface area (Å²) in [7, 11) is 1.61. The fourth-order valence-electron chi connectivity index (χ4n) is 2.26. The quantitative estimate of drug-likeness (QED) is 0.482. The van der Waals surface area contributed by atoms with Crippen LogP contribution in [0.3, 0.4) is 0 Å². The number of anilines is 1. The smallest absolute Gasteiger partial charge is 0.282 e. The van der Waals surface area contributed by atoms with Gasteiger partial charge in [-0.05, 0) is 31.4 Å². The lowest BCUT2D eigenvalue weighted by Gasteiger charge is -2.40. The number of carbonyl (C=O) groups excluding carboxylic acids is 1. The zero-order chi connectivity index (χ0) is 14.8. The molecule has 1 aromatic carbocycles. The standard InChI is InChI=1S/C13H17N3O4/c1-20-13(5-2-6-13)8-15-12(17)10-7-9(14)3-4-11(10)16(18)19/h3-4,7H,2,5-6,8,14H2,1H3,(H,15,17). The number of hydrogen-bond donors (Lipinski definition) is 2. The van der Waals surface area contributed by atoms with Gasteiger partial charge in [0.15, 0.2) is 0 Å². The Bertz CT molecular complexity index is 535. The van der Waals surface area contributed by atoms with Crippen LogP contribution in [-0.4, -0.2) is 30.1 Å². The van der Waals surface area contributed by atoms with Crippen molar-refractivity contribution in [2.75, 3.05) is 19.4 Å². The highest BCUT2D eigenvalue weighted by Gasteiger charge is 2.37. The van der Waals surface area contributed by atoms with Crippen molar-refractivity contribution in [3.05, 3.63) is 33.9 Å². The van der Waals surface area contributed by atoms with E-state index in [0.29, 0.717) is 12.2 Å². The van der Waals surface area contributed by atoms with Crippen molar-refractivity contribution in [3.63, 3.8) is 0 Å². The van der Waals surface area contributed by atoms with E-state index in [-0.39, 0.29) is 16.9 Å². The minimum atomic E-state index is -0.593. The summed E-state index contributed by atoms with van der Waals surface area (Å²) in [5, 5.41) is 13.6. The maximum atomic E-state index is 12.1. The highest BCUT2D eigenvalue weighted by molar-refractivity contribution is 5.99. The van der Waals surface area contributed by atoms with E-state index in [2.05, 4.69) is 5.32 Å². The first-order chi connectivity index (χ1) is 9.47. The Balaban J connectivity index is 2.12. The first kappa shape index (κ1) is 14.3. The van der Waals surface area contributed by atoms with E-state index in [1.54, 1.807) is 7.11 Å². The lowest BCUT2D eigenvalue weighted by Crippen LogP contribution is -2.49. The van der Waals surface area contributed by atoms with Crippen LogP contribution in [0.4, 0.5) is 11.4 Å². The molecule has 7 nitrogen and oxygen atoms in total. The third-order valence-corrected chi connectivity index (χ3v) is 3.73. The Hall–Kier alpha value is -2.15. The number of rotatable bonds is 5. The van der Waals surface area contributed by atoms with Crippen molar-refractivity contribution in [1.82, 2.24) is 5.32 Å². The molecule has 20 heavy (non-hydrogen) atoms. The Kier molecular flexibility index (Phi) is 3.89. The summed E-state index contributed by atoms with van der Waals surface area (Å²) in [6.07, 6.45) is 2.81. The normalized spacial score (nSPS) is 16.2. The molecule has 1 aliphatic rings. The van der Waals surface area contributed by atoms with E-state index in [0.717, 1.165) is 19.3 Å². The van der Waals surface area contributed by atoms with Gasteiger partial charge in [0.1, 0.15) is 5.56 Å². The molecule has 0 unspecified atom stereocenters. The summed E-state index contributed by atoms with van der Waals surface area (Å²) in [5.74, 6) is -0.507. The molecule has 1 saturated carbocycles. The third-order valence-electron chi connectivity index (χ3n) is 3.73. The van der Waals surface area contributed by atoms with Crippen LogP contribution in [0.15, 0.2) is 18.2 Å². The molecule has 1 fully saturated rings. The highest BCUT2D eigenvalue weighted by Crippen LogP contribution is 2.34. The van der Waals surface area contributed by atoms with E-state index >= 15 is 0 Å². The molecule has 0 heterocycles. The van der Waals surface area contributed by atoms with Crippen molar-refractivity contribution >= 4 is 17.3 Å². The lowest BCUT2D eigenvalue weighted by molar-refractivity contribution is -0.385. The summed E-state index contributed by atoms with van der Waals surface area (Å²) in [4.78, 5) is 22.4. The van der Waals surface area contributed by atoms with Gasteiger partial charge in [0, 0.05) is 25.4 Å². The van der Waals surface area contributed by atoms with Gasteiger partial charge >= 0.3 is 0 Å². The zero-order valence-electron chi connectivity index (χ0n) is 11.2. The topological polar surface area (TPSA) is 107 Å². The number of benzene rings is 1. The van der Waals surface area contributed by atoms with Crippen molar-refractivity contribution in [1.29, 1.82) is 0 Å². The van der Waals surface area contributed by atoms with Gasteiger partial charge in [0.2, 0.25) is 0 Å². The second-order valence-electron chi connectivity index (χ2n) is 4.96. The summed E-state index contributed by atoms with van der Waals surface area (Å²) in [5.41, 5.74) is 5.29. The number of nitrogens with two attached hydrogens (primary N) is 1. The number of amides is 1.